The van der Waals surface area contributed by atoms with Gasteiger partial charge >= 0.3 is 6.03 Å². The Labute approximate surface area is 305 Å². The lowest BCUT2D eigenvalue weighted by Crippen LogP contribution is -2.49. The van der Waals surface area contributed by atoms with Gasteiger partial charge in [0.15, 0.2) is 17.1 Å². The maximum absolute atomic E-state index is 12.7. The van der Waals surface area contributed by atoms with Gasteiger partial charge in [0.25, 0.3) is 5.91 Å². The fourth-order valence-electron chi connectivity index (χ4n) is 8.94. The SMILES string of the molecule is CN1CCN(C2CCCN(c3cnc(C(N)=O)c(Nc4ccc5c(c4)CN(CC4Cc6ccc7c(C8CCC(=O)NC8=O)noc7c6C4)C5)n3)C2)C1=O. The number of imide groups is 1. The highest BCUT2D eigenvalue weighted by molar-refractivity contribution is 6.02. The Balaban J connectivity index is 0.865. The van der Waals surface area contributed by atoms with Gasteiger partial charge in [0.05, 0.1) is 18.2 Å². The predicted molar refractivity (Wildman–Crippen MR) is 194 cm³/mol. The van der Waals surface area contributed by atoms with Crippen LogP contribution < -0.4 is 21.3 Å². The first-order chi connectivity index (χ1) is 25.7. The Morgan fingerprint density at radius 2 is 1.89 bits per heavy atom. The van der Waals surface area contributed by atoms with Gasteiger partial charge in [-0.25, -0.2) is 14.8 Å². The number of amides is 5. The maximum Gasteiger partial charge on any atom is 0.320 e. The molecule has 0 saturated carbocycles. The van der Waals surface area contributed by atoms with E-state index in [1.54, 1.807) is 11.1 Å². The van der Waals surface area contributed by atoms with Crippen molar-refractivity contribution in [1.29, 1.82) is 0 Å². The molecule has 4 aromatic rings. The normalized spacial score (nSPS) is 23.2. The van der Waals surface area contributed by atoms with Crippen molar-refractivity contribution >= 4 is 52.0 Å². The third-order valence-corrected chi connectivity index (χ3v) is 11.6. The summed E-state index contributed by atoms with van der Waals surface area (Å²) < 4.78 is 5.86. The van der Waals surface area contributed by atoms with Crippen molar-refractivity contribution in [1.82, 2.24) is 35.1 Å². The summed E-state index contributed by atoms with van der Waals surface area (Å²) in [5.41, 5.74) is 12.9. The van der Waals surface area contributed by atoms with E-state index < -0.39 is 11.8 Å². The molecule has 3 fully saturated rings. The molecule has 1 aliphatic carbocycles. The van der Waals surface area contributed by atoms with Crippen molar-refractivity contribution in [2.75, 3.05) is 50.0 Å². The first-order valence-corrected chi connectivity index (χ1v) is 18.5. The Kier molecular flexibility index (Phi) is 8.24. The smallest absolute Gasteiger partial charge is 0.320 e. The van der Waals surface area contributed by atoms with Crippen molar-refractivity contribution in [3.63, 3.8) is 0 Å². The first kappa shape index (κ1) is 33.3. The molecule has 0 radical (unpaired) electrons. The molecule has 4 aliphatic heterocycles. The summed E-state index contributed by atoms with van der Waals surface area (Å²) in [4.78, 5) is 66.9. The molecule has 6 heterocycles. The lowest BCUT2D eigenvalue weighted by molar-refractivity contribution is -0.134. The number of nitrogens with two attached hydrogens (primary N) is 1. The number of nitrogens with one attached hydrogen (secondary N) is 2. The second-order valence-electron chi connectivity index (χ2n) is 15.1. The summed E-state index contributed by atoms with van der Waals surface area (Å²) in [7, 11) is 1.83. The molecule has 3 saturated heterocycles. The van der Waals surface area contributed by atoms with E-state index in [4.69, 9.17) is 15.2 Å². The van der Waals surface area contributed by atoms with Gasteiger partial charge in [0.1, 0.15) is 11.5 Å². The third kappa shape index (κ3) is 6.11. The molecule has 274 valence electrons. The van der Waals surface area contributed by atoms with Gasteiger partial charge in [-0.3, -0.25) is 24.6 Å². The Hall–Kier alpha value is -5.57. The zero-order valence-electron chi connectivity index (χ0n) is 29.6. The van der Waals surface area contributed by atoms with Crippen LogP contribution in [0.1, 0.15) is 70.0 Å². The molecule has 9 rings (SSSR count). The van der Waals surface area contributed by atoms with E-state index in [9.17, 15) is 19.2 Å². The van der Waals surface area contributed by atoms with Crippen LogP contribution in [-0.4, -0.2) is 99.4 Å². The number of nitrogens with zero attached hydrogens (tertiary/aromatic N) is 7. The van der Waals surface area contributed by atoms with Crippen molar-refractivity contribution in [3.05, 3.63) is 70.2 Å². The van der Waals surface area contributed by atoms with E-state index in [-0.39, 0.29) is 29.6 Å². The van der Waals surface area contributed by atoms with Crippen molar-refractivity contribution in [2.45, 2.75) is 63.6 Å². The zero-order valence-corrected chi connectivity index (χ0v) is 29.6. The number of aromatic nitrogens is 3. The molecule has 4 N–H and O–H groups in total. The fraction of sp³-hybridized carbons (Fsp3) is 0.447. The van der Waals surface area contributed by atoms with Crippen LogP contribution in [0.25, 0.3) is 11.0 Å². The Morgan fingerprint density at radius 3 is 2.70 bits per heavy atom. The van der Waals surface area contributed by atoms with Crippen LogP contribution in [0.4, 0.5) is 22.1 Å². The van der Waals surface area contributed by atoms with Gasteiger partial charge in [-0.15, -0.1) is 0 Å². The summed E-state index contributed by atoms with van der Waals surface area (Å²) >= 11 is 0. The summed E-state index contributed by atoms with van der Waals surface area (Å²) in [5, 5.41) is 10.9. The number of rotatable bonds is 8. The van der Waals surface area contributed by atoms with E-state index in [0.717, 1.165) is 87.2 Å². The largest absolute Gasteiger partial charge is 0.364 e. The van der Waals surface area contributed by atoms with E-state index in [0.29, 0.717) is 42.6 Å². The Bertz CT molecular complexity index is 2170. The number of hydrogen-bond acceptors (Lipinski definition) is 11. The minimum absolute atomic E-state index is 0.0628. The molecule has 0 bridgehead atoms. The number of carbonyl (C=O) groups excluding carboxylic acids is 4. The average Bonchev–Trinajstić information content (AvgIpc) is 3.93. The van der Waals surface area contributed by atoms with Gasteiger partial charge in [-0.1, -0.05) is 17.3 Å². The van der Waals surface area contributed by atoms with Crippen LogP contribution in [0.2, 0.25) is 0 Å². The standard InChI is InChI=1S/C38H42N10O5/c1-45-11-12-48(38(45)52)26-3-2-10-47(20-26)30-16-40-33(35(39)50)36(42-30)41-25-6-4-23-18-46(19-24(23)15-25)17-21-13-22-5-7-27-32(44-53-34(27)29(22)14-21)28-8-9-31(49)43-37(28)51/h4-7,15-16,21,26,28H,2-3,8-14,17-20H2,1H3,(H2,39,50)(H,41,42)(H,43,49,51). The van der Waals surface area contributed by atoms with E-state index in [1.807, 2.05) is 24.1 Å². The number of fused-ring (bicyclic) bond motifs is 4. The maximum atomic E-state index is 12.7. The van der Waals surface area contributed by atoms with Crippen LogP contribution in [0.15, 0.2) is 41.1 Å². The van der Waals surface area contributed by atoms with Gasteiger partial charge in [0.2, 0.25) is 11.8 Å². The number of likely N-dealkylation sites (N-methyl/N-ethyl adjacent to an activating group) is 1. The molecular formula is C38H42N10O5. The molecule has 5 aliphatic rings. The highest BCUT2D eigenvalue weighted by Gasteiger charge is 2.36. The molecule has 2 aromatic heterocycles. The third-order valence-electron chi connectivity index (χ3n) is 11.6. The van der Waals surface area contributed by atoms with Crippen LogP contribution >= 0.6 is 0 Å². The molecule has 3 atom stereocenters. The predicted octanol–water partition coefficient (Wildman–Crippen LogP) is 3.05. The summed E-state index contributed by atoms with van der Waals surface area (Å²) in [6.45, 7) is 5.43. The van der Waals surface area contributed by atoms with E-state index in [2.05, 4.69) is 48.8 Å². The fourth-order valence-corrected chi connectivity index (χ4v) is 8.94. The van der Waals surface area contributed by atoms with Crippen LogP contribution in [0, 0.1) is 5.92 Å². The monoisotopic (exact) mass is 718 g/mol. The van der Waals surface area contributed by atoms with Crippen molar-refractivity contribution in [2.24, 2.45) is 11.7 Å². The van der Waals surface area contributed by atoms with Crippen molar-refractivity contribution < 1.29 is 23.7 Å². The lowest BCUT2D eigenvalue weighted by Gasteiger charge is -2.37. The Morgan fingerprint density at radius 1 is 1.04 bits per heavy atom. The minimum atomic E-state index is -0.659. The van der Waals surface area contributed by atoms with Crippen LogP contribution in [0.5, 0.6) is 0 Å². The second-order valence-corrected chi connectivity index (χ2v) is 15.1. The number of piperidine rings is 2. The summed E-state index contributed by atoms with van der Waals surface area (Å²) in [6, 6.07) is 10.5. The first-order valence-electron chi connectivity index (χ1n) is 18.5. The lowest BCUT2D eigenvalue weighted by atomic mass is 9.92. The topological polar surface area (TPSA) is 183 Å². The van der Waals surface area contributed by atoms with Gasteiger partial charge in [-0.05, 0) is 72.9 Å². The summed E-state index contributed by atoms with van der Waals surface area (Å²) in [5.74, 6) is -0.343. The molecule has 15 nitrogen and oxygen atoms in total. The molecular weight excluding hydrogens is 676 g/mol. The average molecular weight is 719 g/mol. The van der Waals surface area contributed by atoms with Gasteiger partial charge in [0, 0.05) is 75.9 Å². The number of carbonyl (C=O) groups is 4. The van der Waals surface area contributed by atoms with E-state index in [1.165, 1.54) is 16.7 Å². The zero-order chi connectivity index (χ0) is 36.4. The molecule has 5 amide bonds. The number of primary amides is 1. The number of hydrogen-bond donors (Lipinski definition) is 3. The second kappa shape index (κ2) is 13.1. The van der Waals surface area contributed by atoms with Crippen LogP contribution in [0.3, 0.4) is 0 Å². The highest BCUT2D eigenvalue weighted by atomic mass is 16.5. The number of urea groups is 1. The van der Waals surface area contributed by atoms with E-state index >= 15 is 0 Å². The van der Waals surface area contributed by atoms with Crippen molar-refractivity contribution in [3.8, 4) is 0 Å². The van der Waals surface area contributed by atoms with Gasteiger partial charge < -0.3 is 30.3 Å². The quantitative estimate of drug-likeness (QED) is 0.228. The minimum Gasteiger partial charge on any atom is -0.364 e. The number of anilines is 3. The molecule has 15 heteroatoms. The molecule has 3 unspecified atom stereocenters. The molecule has 2 aromatic carbocycles. The molecule has 0 spiro atoms. The van der Waals surface area contributed by atoms with Gasteiger partial charge in [-0.2, -0.15) is 0 Å². The van der Waals surface area contributed by atoms with Crippen LogP contribution in [-0.2, 0) is 35.5 Å². The summed E-state index contributed by atoms with van der Waals surface area (Å²) in [6.07, 6.45) is 5.99. The number of benzene rings is 2. The highest BCUT2D eigenvalue weighted by Crippen LogP contribution is 2.39. The molecule has 53 heavy (non-hydrogen) atoms.